The third-order valence-electron chi connectivity index (χ3n) is 9.20. The minimum absolute atomic E-state index is 0.175. The Hall–Kier alpha value is -3.35. The van der Waals surface area contributed by atoms with Crippen LogP contribution in [0.5, 0.6) is 0 Å². The summed E-state index contributed by atoms with van der Waals surface area (Å²) in [7, 11) is 0. The van der Waals surface area contributed by atoms with Gasteiger partial charge in [-0.05, 0) is 76.5 Å². The average Bonchev–Trinajstić information content (AvgIpc) is 3.46. The third-order valence-corrected chi connectivity index (χ3v) is 9.20. The number of rotatable bonds is 6. The minimum atomic E-state index is -0.650. The zero-order valence-electron chi connectivity index (χ0n) is 22.6. The van der Waals surface area contributed by atoms with Crippen molar-refractivity contribution in [2.75, 3.05) is 10.2 Å². The summed E-state index contributed by atoms with van der Waals surface area (Å²) >= 11 is 0. The molecule has 2 saturated carbocycles. The largest absolute Gasteiger partial charge is 0.439 e. The first kappa shape index (κ1) is 25.0. The van der Waals surface area contributed by atoms with E-state index in [0.717, 1.165) is 24.7 Å². The molecule has 1 saturated heterocycles. The van der Waals surface area contributed by atoms with Crippen molar-refractivity contribution in [3.63, 3.8) is 0 Å². The normalized spacial score (nSPS) is 27.2. The van der Waals surface area contributed by atoms with E-state index in [2.05, 4.69) is 47.2 Å². The zero-order valence-corrected chi connectivity index (χ0v) is 22.6. The zero-order chi connectivity index (χ0) is 26.4. The minimum Gasteiger partial charge on any atom is -0.365 e. The average molecular weight is 519 g/mol. The topological polar surface area (TPSA) is 118 Å². The van der Waals surface area contributed by atoms with Gasteiger partial charge in [0.15, 0.2) is 11.5 Å². The molecule has 0 amide bonds. The molecule has 0 aromatic carbocycles. The van der Waals surface area contributed by atoms with Gasteiger partial charge in [0.05, 0.1) is 0 Å². The fourth-order valence-electron chi connectivity index (χ4n) is 6.94. The number of nitrogens with one attached hydrogen (secondary N) is 2. The number of imidazole rings is 1. The quantitative estimate of drug-likeness (QED) is 0.448. The Labute approximate surface area is 223 Å². The first-order valence-electron chi connectivity index (χ1n) is 14.3. The molecule has 1 aliphatic heterocycles. The molecule has 5 unspecified atom stereocenters. The van der Waals surface area contributed by atoms with Crippen molar-refractivity contribution in [3.8, 4) is 24.1 Å². The van der Waals surface area contributed by atoms with Crippen LogP contribution in [0.15, 0.2) is 9.32 Å². The number of hydrogen-bond donors (Lipinski definition) is 2. The molecule has 3 aliphatic rings. The Balaban J connectivity index is 1.48. The van der Waals surface area contributed by atoms with Crippen molar-refractivity contribution in [3.05, 3.63) is 10.6 Å². The Kier molecular flexibility index (Phi) is 6.62. The highest BCUT2D eigenvalue weighted by molar-refractivity contribution is 5.88. The van der Waals surface area contributed by atoms with Crippen molar-refractivity contribution in [1.29, 1.82) is 0 Å². The molecule has 3 fully saturated rings. The van der Waals surface area contributed by atoms with Crippen LogP contribution in [0.4, 0.5) is 11.8 Å². The van der Waals surface area contributed by atoms with Gasteiger partial charge in [0.1, 0.15) is 5.52 Å². The molecule has 6 rings (SSSR count). The number of piperidine rings is 1. The van der Waals surface area contributed by atoms with Crippen LogP contribution in [-0.4, -0.2) is 47.8 Å². The highest BCUT2D eigenvalue weighted by atomic mass is 16.5. The number of H-pyrrole nitrogens is 1. The Morgan fingerprint density at radius 1 is 1.08 bits per heavy atom. The van der Waals surface area contributed by atoms with E-state index in [1.54, 1.807) is 0 Å². The van der Waals surface area contributed by atoms with Gasteiger partial charge in [0.25, 0.3) is 0 Å². The smallest absolute Gasteiger partial charge is 0.365 e. The summed E-state index contributed by atoms with van der Waals surface area (Å²) in [5.41, 5.74) is 1.18. The number of terminal acetylenes is 1. The van der Waals surface area contributed by atoms with Crippen LogP contribution in [0.1, 0.15) is 85.0 Å². The molecule has 2 N–H and O–H groups in total. The molecule has 4 heterocycles. The molecule has 38 heavy (non-hydrogen) atoms. The number of fused-ring (bicyclic) bond motifs is 1. The van der Waals surface area contributed by atoms with Crippen molar-refractivity contribution in [2.24, 2.45) is 17.8 Å². The molecule has 0 spiro atoms. The number of aromatic amines is 1. The molecule has 10 nitrogen and oxygen atoms in total. The molecule has 0 bridgehead atoms. The van der Waals surface area contributed by atoms with Gasteiger partial charge >= 0.3 is 5.76 Å². The van der Waals surface area contributed by atoms with Crippen molar-refractivity contribution in [2.45, 2.75) is 103 Å². The molecule has 2 aliphatic carbocycles. The molecule has 0 radical (unpaired) electrons. The fourth-order valence-corrected chi connectivity index (χ4v) is 6.94. The molecule has 202 valence electrons. The van der Waals surface area contributed by atoms with Gasteiger partial charge in [0, 0.05) is 24.2 Å². The number of anilines is 2. The predicted octanol–water partition coefficient (Wildman–Crippen LogP) is 4.78. The maximum Gasteiger partial charge on any atom is 0.439 e. The van der Waals surface area contributed by atoms with E-state index < -0.39 is 5.76 Å². The van der Waals surface area contributed by atoms with Gasteiger partial charge in [-0.2, -0.15) is 4.98 Å². The van der Waals surface area contributed by atoms with Crippen molar-refractivity contribution >= 4 is 22.9 Å². The molecule has 5 atom stereocenters. The number of hydrogen-bond acceptors (Lipinski definition) is 8. The Morgan fingerprint density at radius 3 is 2.55 bits per heavy atom. The second kappa shape index (κ2) is 10.1. The van der Waals surface area contributed by atoms with Crippen LogP contribution in [0, 0.1) is 30.2 Å². The molecular weight excluding hydrogens is 480 g/mol. The van der Waals surface area contributed by atoms with E-state index in [0.29, 0.717) is 40.9 Å². The highest BCUT2D eigenvalue weighted by Crippen LogP contribution is 2.41. The lowest BCUT2D eigenvalue weighted by molar-refractivity contribution is 0.206. The second-order valence-corrected chi connectivity index (χ2v) is 11.8. The summed E-state index contributed by atoms with van der Waals surface area (Å²) in [4.78, 5) is 31.3. The van der Waals surface area contributed by atoms with Crippen LogP contribution in [0.25, 0.3) is 22.8 Å². The first-order chi connectivity index (χ1) is 18.4. The van der Waals surface area contributed by atoms with Gasteiger partial charge in [-0.15, -0.1) is 0 Å². The van der Waals surface area contributed by atoms with E-state index in [9.17, 15) is 4.79 Å². The standard InChI is InChI=1S/C28H38N8O2/c1-5-35-22-23(29-18(4)19-11-8-12-19)30-25(26-33-28(37)38-34-26)31-24(22)32-27(35)36-17(3)10-7-14-21(36)20-13-6-9-16(2)15-20/h1,16-21H,6-15H2,2-4H3,(H,29,30,31)(H,33,34,37). The number of nitrogens with zero attached hydrogens (tertiary/aromatic N) is 6. The van der Waals surface area contributed by atoms with E-state index in [4.69, 9.17) is 25.9 Å². The Bertz CT molecular complexity index is 1400. The van der Waals surface area contributed by atoms with Crippen molar-refractivity contribution in [1.82, 2.24) is 29.7 Å². The van der Waals surface area contributed by atoms with Crippen LogP contribution in [0.3, 0.4) is 0 Å². The lowest BCUT2D eigenvalue weighted by atomic mass is 9.75. The fraction of sp³-hybridized carbons (Fsp3) is 0.679. The van der Waals surface area contributed by atoms with Gasteiger partial charge in [0.2, 0.25) is 17.6 Å². The molecular formula is C28H38N8O2. The van der Waals surface area contributed by atoms with E-state index >= 15 is 0 Å². The predicted molar refractivity (Wildman–Crippen MR) is 147 cm³/mol. The summed E-state index contributed by atoms with van der Waals surface area (Å²) in [6.07, 6.45) is 18.4. The SMILES string of the molecule is C#Cn1c(N2C(C)CCCC2C2CCCC(C)C2)nc2nc(-c3noc(=O)[nH]3)nc(NC(C)C3CCC3)c21. The second-order valence-electron chi connectivity index (χ2n) is 11.8. The monoisotopic (exact) mass is 518 g/mol. The van der Waals surface area contributed by atoms with Crippen molar-refractivity contribution < 1.29 is 4.52 Å². The third kappa shape index (κ3) is 4.46. The van der Waals surface area contributed by atoms with E-state index in [1.165, 1.54) is 51.4 Å². The van der Waals surface area contributed by atoms with E-state index in [-0.39, 0.29) is 17.7 Å². The molecule has 3 aromatic heterocycles. The van der Waals surface area contributed by atoms with Gasteiger partial charge in [-0.25, -0.2) is 19.3 Å². The molecule has 3 aromatic rings. The maximum absolute atomic E-state index is 11.7. The van der Waals surface area contributed by atoms with Crippen LogP contribution in [0.2, 0.25) is 0 Å². The Morgan fingerprint density at radius 2 is 1.87 bits per heavy atom. The highest BCUT2D eigenvalue weighted by Gasteiger charge is 2.38. The van der Waals surface area contributed by atoms with Gasteiger partial charge in [-0.3, -0.25) is 9.51 Å². The van der Waals surface area contributed by atoms with Crippen LogP contribution >= 0.6 is 0 Å². The molecule has 10 heteroatoms. The summed E-state index contributed by atoms with van der Waals surface area (Å²) in [6, 6.07) is 3.83. The number of aromatic nitrogens is 6. The summed E-state index contributed by atoms with van der Waals surface area (Å²) in [5, 5.41) is 7.44. The van der Waals surface area contributed by atoms with Crippen LogP contribution < -0.4 is 16.0 Å². The summed E-state index contributed by atoms with van der Waals surface area (Å²) in [5.74, 6) is 3.11. The maximum atomic E-state index is 11.7. The summed E-state index contributed by atoms with van der Waals surface area (Å²) in [6.45, 7) is 6.85. The lowest BCUT2D eigenvalue weighted by Crippen LogP contribution is -2.51. The summed E-state index contributed by atoms with van der Waals surface area (Å²) < 4.78 is 6.57. The lowest BCUT2D eigenvalue weighted by Gasteiger charge is -2.46. The first-order valence-corrected chi connectivity index (χ1v) is 14.3. The van der Waals surface area contributed by atoms with E-state index in [1.807, 2.05) is 4.57 Å². The van der Waals surface area contributed by atoms with Crippen LogP contribution in [-0.2, 0) is 0 Å². The van der Waals surface area contributed by atoms with Gasteiger partial charge in [-0.1, -0.05) is 37.8 Å². The van der Waals surface area contributed by atoms with Gasteiger partial charge < -0.3 is 10.2 Å².